The van der Waals surface area contributed by atoms with Gasteiger partial charge in [-0.05, 0) is 38.0 Å². The van der Waals surface area contributed by atoms with Crippen molar-refractivity contribution in [2.75, 3.05) is 17.7 Å². The van der Waals surface area contributed by atoms with Gasteiger partial charge in [-0.25, -0.2) is 0 Å². The fourth-order valence-electron chi connectivity index (χ4n) is 2.78. The minimum absolute atomic E-state index is 0.0312. The highest BCUT2D eigenvalue weighted by Crippen LogP contribution is 2.34. The molecule has 2 heterocycles. The number of thioether (sulfide) groups is 1. The lowest BCUT2D eigenvalue weighted by molar-refractivity contribution is -0.137. The number of aryl methyl sites for hydroxylation is 1. The van der Waals surface area contributed by atoms with E-state index < -0.39 is 17.6 Å². The molecule has 1 atom stereocenters. The summed E-state index contributed by atoms with van der Waals surface area (Å²) in [5.41, 5.74) is -0.967. The van der Waals surface area contributed by atoms with Crippen LogP contribution >= 0.6 is 23.4 Å². The van der Waals surface area contributed by atoms with E-state index in [9.17, 15) is 18.0 Å². The number of anilines is 1. The monoisotopic (exact) mass is 434 g/mol. The maximum atomic E-state index is 12.8. The van der Waals surface area contributed by atoms with Crippen LogP contribution in [-0.4, -0.2) is 39.1 Å². The van der Waals surface area contributed by atoms with E-state index in [4.69, 9.17) is 16.3 Å². The van der Waals surface area contributed by atoms with Gasteiger partial charge in [-0.1, -0.05) is 23.4 Å². The molecule has 0 bridgehead atoms. The second kappa shape index (κ2) is 8.71. The molecular formula is C17H18ClF3N4O2S. The Kier molecular flexibility index (Phi) is 6.51. The first-order valence-corrected chi connectivity index (χ1v) is 9.91. The lowest BCUT2D eigenvalue weighted by Gasteiger charge is -2.14. The van der Waals surface area contributed by atoms with Crippen LogP contribution in [0.3, 0.4) is 0 Å². The van der Waals surface area contributed by atoms with Gasteiger partial charge in [0, 0.05) is 6.61 Å². The van der Waals surface area contributed by atoms with E-state index in [0.717, 1.165) is 49.4 Å². The van der Waals surface area contributed by atoms with Crippen molar-refractivity contribution in [2.45, 2.75) is 43.7 Å². The average Bonchev–Trinajstić information content (AvgIpc) is 3.25. The molecule has 152 valence electrons. The number of benzene rings is 1. The van der Waals surface area contributed by atoms with Crippen LogP contribution in [0.1, 0.15) is 24.2 Å². The Balaban J connectivity index is 1.62. The molecular weight excluding hydrogens is 417 g/mol. The predicted molar refractivity (Wildman–Crippen MR) is 99.5 cm³/mol. The molecule has 0 spiro atoms. The van der Waals surface area contributed by atoms with Gasteiger partial charge in [-0.3, -0.25) is 4.79 Å². The molecule has 11 heteroatoms. The molecule has 1 unspecified atom stereocenters. The second-order valence-electron chi connectivity index (χ2n) is 6.30. The maximum Gasteiger partial charge on any atom is 0.416 e. The molecule has 1 amide bonds. The molecule has 0 saturated carbocycles. The summed E-state index contributed by atoms with van der Waals surface area (Å²) in [7, 11) is 0. The van der Waals surface area contributed by atoms with E-state index in [1.165, 1.54) is 0 Å². The van der Waals surface area contributed by atoms with E-state index in [1.807, 2.05) is 11.5 Å². The number of alkyl halides is 3. The number of nitrogens with one attached hydrogen (secondary N) is 1. The molecule has 28 heavy (non-hydrogen) atoms. The molecule has 0 radical (unpaired) electrons. The maximum absolute atomic E-state index is 12.8. The topological polar surface area (TPSA) is 69.0 Å². The van der Waals surface area contributed by atoms with Crippen LogP contribution < -0.4 is 5.32 Å². The first-order valence-electron chi connectivity index (χ1n) is 8.55. The lowest BCUT2D eigenvalue weighted by Crippen LogP contribution is -2.18. The molecule has 3 rings (SSSR count). The number of hydrogen-bond acceptors (Lipinski definition) is 5. The largest absolute Gasteiger partial charge is 0.416 e. The third-order valence-electron chi connectivity index (χ3n) is 4.21. The number of rotatable bonds is 6. The molecule has 1 aromatic heterocycles. The van der Waals surface area contributed by atoms with Gasteiger partial charge in [0.2, 0.25) is 5.91 Å². The van der Waals surface area contributed by atoms with Crippen molar-refractivity contribution >= 4 is 35.0 Å². The van der Waals surface area contributed by atoms with E-state index in [0.29, 0.717) is 17.5 Å². The summed E-state index contributed by atoms with van der Waals surface area (Å²) >= 11 is 7.05. The average molecular weight is 435 g/mol. The Morgan fingerprint density at radius 2 is 2.21 bits per heavy atom. The zero-order valence-electron chi connectivity index (χ0n) is 14.9. The van der Waals surface area contributed by atoms with Crippen molar-refractivity contribution in [3.63, 3.8) is 0 Å². The number of carbonyl (C=O) groups is 1. The molecule has 1 fully saturated rings. The zero-order valence-corrected chi connectivity index (χ0v) is 16.5. The van der Waals surface area contributed by atoms with E-state index in [2.05, 4.69) is 15.5 Å². The number of ether oxygens (including phenoxy) is 1. The highest BCUT2D eigenvalue weighted by molar-refractivity contribution is 7.99. The number of carbonyl (C=O) groups excluding carboxylic acids is 1. The Morgan fingerprint density at radius 3 is 2.89 bits per heavy atom. The van der Waals surface area contributed by atoms with Crippen molar-refractivity contribution in [2.24, 2.45) is 0 Å². The first kappa shape index (κ1) is 20.9. The van der Waals surface area contributed by atoms with Crippen LogP contribution in [0.5, 0.6) is 0 Å². The van der Waals surface area contributed by atoms with Crippen molar-refractivity contribution in [1.82, 2.24) is 14.8 Å². The summed E-state index contributed by atoms with van der Waals surface area (Å²) in [6, 6.07) is 2.78. The Morgan fingerprint density at radius 1 is 1.43 bits per heavy atom. The number of aromatic nitrogens is 3. The van der Waals surface area contributed by atoms with Gasteiger partial charge in [-0.2, -0.15) is 13.2 Å². The minimum Gasteiger partial charge on any atom is -0.376 e. The quantitative estimate of drug-likeness (QED) is 0.691. The molecule has 1 aliphatic heterocycles. The highest BCUT2D eigenvalue weighted by atomic mass is 35.5. The molecule has 1 saturated heterocycles. The SMILES string of the molecule is Cc1nnc(SCC(=O)Nc2cc(C(F)(F)F)ccc2Cl)n1CC1CCCO1. The van der Waals surface area contributed by atoms with Gasteiger partial charge >= 0.3 is 6.18 Å². The third-order valence-corrected chi connectivity index (χ3v) is 5.51. The normalized spacial score (nSPS) is 17.1. The van der Waals surface area contributed by atoms with Crippen LogP contribution in [0.4, 0.5) is 18.9 Å². The van der Waals surface area contributed by atoms with Gasteiger partial charge in [0.1, 0.15) is 5.82 Å². The number of amides is 1. The van der Waals surface area contributed by atoms with Gasteiger partial charge < -0.3 is 14.6 Å². The minimum atomic E-state index is -4.52. The van der Waals surface area contributed by atoms with Crippen LogP contribution in [-0.2, 0) is 22.3 Å². The van der Waals surface area contributed by atoms with Gasteiger partial charge in [-0.15, -0.1) is 10.2 Å². The summed E-state index contributed by atoms with van der Waals surface area (Å²) in [6.07, 6.45) is -2.47. The zero-order chi connectivity index (χ0) is 20.3. The number of nitrogens with zero attached hydrogens (tertiary/aromatic N) is 3. The van der Waals surface area contributed by atoms with Crippen molar-refractivity contribution in [3.05, 3.63) is 34.6 Å². The second-order valence-corrected chi connectivity index (χ2v) is 7.65. The Labute approximate surface area is 168 Å². The van der Waals surface area contributed by atoms with Gasteiger partial charge in [0.25, 0.3) is 0 Å². The third kappa shape index (κ3) is 5.18. The van der Waals surface area contributed by atoms with E-state index in [1.54, 1.807) is 0 Å². The van der Waals surface area contributed by atoms with Crippen molar-refractivity contribution in [1.29, 1.82) is 0 Å². The summed E-state index contributed by atoms with van der Waals surface area (Å²) in [6.45, 7) is 3.14. The fraction of sp³-hybridized carbons (Fsp3) is 0.471. The van der Waals surface area contributed by atoms with Crippen LogP contribution in [0.25, 0.3) is 0 Å². The summed E-state index contributed by atoms with van der Waals surface area (Å²) in [5, 5.41) is 11.1. The van der Waals surface area contributed by atoms with Gasteiger partial charge in [0.05, 0.1) is 34.7 Å². The number of halogens is 4. The Hall–Kier alpha value is -1.78. The fourth-order valence-corrected chi connectivity index (χ4v) is 3.74. The van der Waals surface area contributed by atoms with E-state index in [-0.39, 0.29) is 22.6 Å². The van der Waals surface area contributed by atoms with Gasteiger partial charge in [0.15, 0.2) is 5.16 Å². The van der Waals surface area contributed by atoms with E-state index >= 15 is 0 Å². The molecule has 1 aromatic carbocycles. The standard InChI is InChI=1S/C17H18ClF3N4O2S/c1-10-23-24-16(25(10)8-12-3-2-6-27-12)28-9-15(26)22-14-7-11(17(19,20)21)4-5-13(14)18/h4-5,7,12H,2-3,6,8-9H2,1H3,(H,22,26). The highest BCUT2D eigenvalue weighted by Gasteiger charge is 2.31. The summed E-state index contributed by atoms with van der Waals surface area (Å²) in [5.74, 6) is 0.172. The van der Waals surface area contributed by atoms with Crippen LogP contribution in [0.15, 0.2) is 23.4 Å². The predicted octanol–water partition coefficient (Wildman–Crippen LogP) is 4.17. The smallest absolute Gasteiger partial charge is 0.376 e. The molecule has 0 aliphatic carbocycles. The first-order chi connectivity index (χ1) is 13.2. The van der Waals surface area contributed by atoms with Crippen LogP contribution in [0, 0.1) is 6.92 Å². The lowest BCUT2D eigenvalue weighted by atomic mass is 10.2. The van der Waals surface area contributed by atoms with Crippen LogP contribution in [0.2, 0.25) is 5.02 Å². The number of hydrogen-bond donors (Lipinski definition) is 1. The van der Waals surface area contributed by atoms with Crippen molar-refractivity contribution in [3.8, 4) is 0 Å². The summed E-state index contributed by atoms with van der Waals surface area (Å²) < 4.78 is 46.0. The molecule has 1 N–H and O–H groups in total. The molecule has 1 aliphatic rings. The van der Waals surface area contributed by atoms with Crippen molar-refractivity contribution < 1.29 is 22.7 Å². The molecule has 2 aromatic rings. The molecule has 6 nitrogen and oxygen atoms in total. The Bertz CT molecular complexity index is 853. The summed E-state index contributed by atoms with van der Waals surface area (Å²) in [4.78, 5) is 12.2.